The second-order valence-corrected chi connectivity index (χ2v) is 5.70. The molecule has 1 fully saturated rings. The Morgan fingerprint density at radius 3 is 2.43 bits per heavy atom. The summed E-state index contributed by atoms with van der Waals surface area (Å²) in [7, 11) is 0. The molecule has 0 radical (unpaired) electrons. The number of halogens is 1. The molecule has 0 saturated heterocycles. The normalized spacial score (nSPS) is 17.1. The Morgan fingerprint density at radius 2 is 1.90 bits per heavy atom. The van der Waals surface area contributed by atoms with Crippen LogP contribution in [0.25, 0.3) is 0 Å². The predicted octanol–water partition coefficient (Wildman–Crippen LogP) is 2.67. The van der Waals surface area contributed by atoms with Crippen molar-refractivity contribution in [1.82, 2.24) is 4.90 Å². The zero-order valence-corrected chi connectivity index (χ0v) is 12.3. The van der Waals surface area contributed by atoms with Gasteiger partial charge in [0.15, 0.2) is 0 Å². The van der Waals surface area contributed by atoms with Gasteiger partial charge in [0, 0.05) is 24.1 Å². The van der Waals surface area contributed by atoms with Crippen molar-refractivity contribution in [2.45, 2.75) is 39.3 Å². The Balaban J connectivity index is 2.14. The Hall–Kier alpha value is -1.91. The topological polar surface area (TPSA) is 57.6 Å². The van der Waals surface area contributed by atoms with Crippen molar-refractivity contribution < 1.29 is 19.1 Å². The first-order valence-corrected chi connectivity index (χ1v) is 7.18. The third-order valence-electron chi connectivity index (χ3n) is 4.10. The number of carbonyl (C=O) groups excluding carboxylic acids is 1. The van der Waals surface area contributed by atoms with Gasteiger partial charge >= 0.3 is 5.97 Å². The molecule has 21 heavy (non-hydrogen) atoms. The summed E-state index contributed by atoms with van der Waals surface area (Å²) in [6.07, 6.45) is 1.79. The Bertz CT molecular complexity index is 542. The summed E-state index contributed by atoms with van der Waals surface area (Å²) >= 11 is 0. The van der Waals surface area contributed by atoms with Crippen molar-refractivity contribution in [3.8, 4) is 0 Å². The molecule has 4 nitrogen and oxygen atoms in total. The van der Waals surface area contributed by atoms with Gasteiger partial charge in [-0.3, -0.25) is 9.59 Å². The summed E-state index contributed by atoms with van der Waals surface area (Å²) in [6, 6.07) is 6.48. The molecule has 1 aliphatic rings. The van der Waals surface area contributed by atoms with Crippen molar-refractivity contribution in [3.63, 3.8) is 0 Å². The van der Waals surface area contributed by atoms with Gasteiger partial charge in [-0.2, -0.15) is 0 Å². The van der Waals surface area contributed by atoms with E-state index in [1.165, 1.54) is 13.0 Å². The lowest BCUT2D eigenvalue weighted by Crippen LogP contribution is -2.40. The highest BCUT2D eigenvalue weighted by Gasteiger charge is 2.37. The molecule has 1 aromatic carbocycles. The first-order valence-electron chi connectivity index (χ1n) is 7.18. The zero-order chi connectivity index (χ0) is 15.6. The van der Waals surface area contributed by atoms with Crippen molar-refractivity contribution in [2.75, 3.05) is 0 Å². The number of nitrogens with zero attached hydrogens (tertiary/aromatic N) is 1. The second kappa shape index (κ2) is 6.24. The van der Waals surface area contributed by atoms with Crippen LogP contribution in [-0.4, -0.2) is 27.9 Å². The molecule has 2 rings (SSSR count). The van der Waals surface area contributed by atoms with Crippen molar-refractivity contribution >= 4 is 11.9 Å². The minimum atomic E-state index is -0.988. The summed E-state index contributed by atoms with van der Waals surface area (Å²) in [5.74, 6) is -2.91. The van der Waals surface area contributed by atoms with Crippen LogP contribution in [0.15, 0.2) is 24.3 Å². The van der Waals surface area contributed by atoms with Gasteiger partial charge in [0.2, 0.25) is 5.91 Å². The van der Waals surface area contributed by atoms with Gasteiger partial charge in [0.25, 0.3) is 0 Å². The van der Waals surface area contributed by atoms with E-state index >= 15 is 0 Å². The van der Waals surface area contributed by atoms with Gasteiger partial charge in [-0.15, -0.1) is 0 Å². The van der Waals surface area contributed by atoms with Crippen LogP contribution in [0, 0.1) is 17.7 Å². The summed E-state index contributed by atoms with van der Waals surface area (Å²) in [5.41, 5.74) is 0.466. The maximum absolute atomic E-state index is 13.8. The molecule has 5 heteroatoms. The fraction of sp³-hybridized carbons (Fsp3) is 0.500. The molecule has 2 unspecified atom stereocenters. The largest absolute Gasteiger partial charge is 0.481 e. The quantitative estimate of drug-likeness (QED) is 0.877. The van der Waals surface area contributed by atoms with Crippen molar-refractivity contribution in [1.29, 1.82) is 0 Å². The van der Waals surface area contributed by atoms with Crippen LogP contribution in [-0.2, 0) is 16.1 Å². The van der Waals surface area contributed by atoms with Crippen LogP contribution in [0.1, 0.15) is 32.3 Å². The van der Waals surface area contributed by atoms with E-state index in [0.717, 1.165) is 12.8 Å². The third-order valence-corrected chi connectivity index (χ3v) is 4.10. The standard InChI is InChI=1S/C16H20FNO3/c1-10(11(2)16(20)21)15(19)18(13-7-8-13)9-12-5-3-4-6-14(12)17/h3-6,10-11,13H,7-9H2,1-2H3,(H,20,21). The molecule has 0 spiro atoms. The maximum Gasteiger partial charge on any atom is 0.307 e. The number of hydrogen-bond donors (Lipinski definition) is 1. The van der Waals surface area contributed by atoms with E-state index in [4.69, 9.17) is 5.11 Å². The molecule has 1 N–H and O–H groups in total. The number of rotatable bonds is 6. The molecule has 2 atom stereocenters. The van der Waals surface area contributed by atoms with E-state index in [-0.39, 0.29) is 24.3 Å². The predicted molar refractivity (Wildman–Crippen MR) is 75.9 cm³/mol. The van der Waals surface area contributed by atoms with Gasteiger partial charge in [0.1, 0.15) is 5.82 Å². The SMILES string of the molecule is CC(C(=O)O)C(C)C(=O)N(Cc1ccccc1F)C1CC1. The van der Waals surface area contributed by atoms with Gasteiger partial charge < -0.3 is 10.0 Å². The molecule has 114 valence electrons. The molecular formula is C16H20FNO3. The monoisotopic (exact) mass is 293 g/mol. The lowest BCUT2D eigenvalue weighted by atomic mass is 9.94. The number of aliphatic carboxylic acids is 1. The highest BCUT2D eigenvalue weighted by molar-refractivity contribution is 5.84. The summed E-state index contributed by atoms with van der Waals surface area (Å²) in [5, 5.41) is 9.04. The van der Waals surface area contributed by atoms with E-state index in [1.807, 2.05) is 0 Å². The molecule has 1 amide bonds. The molecule has 0 aromatic heterocycles. The molecule has 1 aliphatic carbocycles. The molecule has 0 bridgehead atoms. The number of benzene rings is 1. The summed E-state index contributed by atoms with van der Waals surface area (Å²) in [4.78, 5) is 25.2. The van der Waals surface area contributed by atoms with Crippen LogP contribution in [0.2, 0.25) is 0 Å². The van der Waals surface area contributed by atoms with E-state index < -0.39 is 17.8 Å². The molecule has 0 aliphatic heterocycles. The summed E-state index contributed by atoms with van der Waals surface area (Å²) < 4.78 is 13.8. The first kappa shape index (κ1) is 15.5. The van der Waals surface area contributed by atoms with Gasteiger partial charge in [0.05, 0.1) is 5.92 Å². The second-order valence-electron chi connectivity index (χ2n) is 5.70. The van der Waals surface area contributed by atoms with Crippen LogP contribution < -0.4 is 0 Å². The number of carboxylic acid groups (broad SMARTS) is 1. The number of carbonyl (C=O) groups is 2. The van der Waals surface area contributed by atoms with Crippen LogP contribution in [0.3, 0.4) is 0 Å². The van der Waals surface area contributed by atoms with E-state index in [1.54, 1.807) is 30.0 Å². The highest BCUT2D eigenvalue weighted by atomic mass is 19.1. The lowest BCUT2D eigenvalue weighted by Gasteiger charge is -2.27. The minimum Gasteiger partial charge on any atom is -0.481 e. The van der Waals surface area contributed by atoms with Crippen LogP contribution in [0.4, 0.5) is 4.39 Å². The summed E-state index contributed by atoms with van der Waals surface area (Å²) in [6.45, 7) is 3.35. The van der Waals surface area contributed by atoms with Gasteiger partial charge in [-0.1, -0.05) is 32.0 Å². The van der Waals surface area contributed by atoms with E-state index in [2.05, 4.69) is 0 Å². The van der Waals surface area contributed by atoms with E-state index in [9.17, 15) is 14.0 Å². The average molecular weight is 293 g/mol. The average Bonchev–Trinajstić information content (AvgIpc) is 3.28. The fourth-order valence-electron chi connectivity index (χ4n) is 2.27. The number of carboxylic acids is 1. The molecule has 1 saturated carbocycles. The van der Waals surface area contributed by atoms with Crippen LogP contribution in [0.5, 0.6) is 0 Å². The lowest BCUT2D eigenvalue weighted by molar-refractivity contribution is -0.149. The Kier molecular flexibility index (Phi) is 4.60. The van der Waals surface area contributed by atoms with Crippen LogP contribution >= 0.6 is 0 Å². The Morgan fingerprint density at radius 1 is 1.29 bits per heavy atom. The van der Waals surface area contributed by atoms with Gasteiger partial charge in [-0.25, -0.2) is 4.39 Å². The minimum absolute atomic E-state index is 0.112. The molecular weight excluding hydrogens is 273 g/mol. The van der Waals surface area contributed by atoms with E-state index in [0.29, 0.717) is 5.56 Å². The van der Waals surface area contributed by atoms with Crippen molar-refractivity contribution in [3.05, 3.63) is 35.6 Å². The smallest absolute Gasteiger partial charge is 0.307 e. The number of amides is 1. The highest BCUT2D eigenvalue weighted by Crippen LogP contribution is 2.31. The van der Waals surface area contributed by atoms with Gasteiger partial charge in [-0.05, 0) is 18.9 Å². The maximum atomic E-state index is 13.8. The molecule has 0 heterocycles. The fourth-order valence-corrected chi connectivity index (χ4v) is 2.27. The van der Waals surface area contributed by atoms with Crippen molar-refractivity contribution in [2.24, 2.45) is 11.8 Å². The number of hydrogen-bond acceptors (Lipinski definition) is 2. The first-order chi connectivity index (χ1) is 9.91. The Labute approximate surface area is 123 Å². The molecule has 1 aromatic rings. The zero-order valence-electron chi connectivity index (χ0n) is 12.3. The third kappa shape index (κ3) is 3.60.